The van der Waals surface area contributed by atoms with Crippen molar-refractivity contribution in [3.63, 3.8) is 0 Å². The third-order valence-electron chi connectivity index (χ3n) is 1.93. The van der Waals surface area contributed by atoms with Gasteiger partial charge in [-0.2, -0.15) is 13.2 Å². The summed E-state index contributed by atoms with van der Waals surface area (Å²) in [6.45, 7) is 0. The van der Waals surface area contributed by atoms with Crippen LogP contribution in [0.1, 0.15) is 18.1 Å². The van der Waals surface area contributed by atoms with Gasteiger partial charge >= 0.3 is 12.5 Å². The van der Waals surface area contributed by atoms with Crippen LogP contribution in [0.5, 0.6) is 5.75 Å². The van der Waals surface area contributed by atoms with Gasteiger partial charge in [0.1, 0.15) is 5.75 Å². The second-order valence-corrected chi connectivity index (χ2v) is 3.42. The van der Waals surface area contributed by atoms with Gasteiger partial charge in [-0.05, 0) is 6.07 Å². The van der Waals surface area contributed by atoms with Crippen molar-refractivity contribution in [3.05, 3.63) is 29.8 Å². The Morgan fingerprint density at radius 1 is 1.06 bits per heavy atom. The first kappa shape index (κ1) is 14.6. The summed E-state index contributed by atoms with van der Waals surface area (Å²) in [5.74, 6) is -0.846. The predicted octanol–water partition coefficient (Wildman–Crippen LogP) is 3.57. The predicted molar refractivity (Wildman–Crippen MR) is 48.8 cm³/mol. The summed E-state index contributed by atoms with van der Waals surface area (Å²) in [5.41, 5.74) is -0.563. The molecule has 0 aliphatic rings. The minimum Gasteiger partial charge on any atom is -0.405 e. The summed E-state index contributed by atoms with van der Waals surface area (Å²) >= 11 is 0. The fraction of sp³-hybridized carbons (Fsp3) is 0.400. The van der Waals surface area contributed by atoms with Crippen LogP contribution in [-0.2, 0) is 0 Å². The number of aliphatic hydroxyl groups is 1. The van der Waals surface area contributed by atoms with Crippen LogP contribution in [0.2, 0.25) is 0 Å². The van der Waals surface area contributed by atoms with E-state index < -0.39 is 36.4 Å². The largest absolute Gasteiger partial charge is 0.573 e. The average molecular weight is 274 g/mol. The first-order valence-electron chi connectivity index (χ1n) is 4.68. The highest BCUT2D eigenvalue weighted by Crippen LogP contribution is 2.35. The fourth-order valence-corrected chi connectivity index (χ4v) is 1.30. The molecule has 2 nitrogen and oxygen atoms in total. The number of para-hydroxylation sites is 1. The van der Waals surface area contributed by atoms with Gasteiger partial charge < -0.3 is 9.84 Å². The summed E-state index contributed by atoms with van der Waals surface area (Å²) in [5, 5.41) is 9.27. The number of hydrogen-bond donors (Lipinski definition) is 1. The van der Waals surface area contributed by atoms with Crippen molar-refractivity contribution in [2.45, 2.75) is 25.1 Å². The highest BCUT2D eigenvalue weighted by molar-refractivity contribution is 5.35. The van der Waals surface area contributed by atoms with Crippen LogP contribution >= 0.6 is 0 Å². The summed E-state index contributed by atoms with van der Waals surface area (Å²) in [7, 11) is 0. The molecule has 0 saturated carbocycles. The molecule has 18 heavy (non-hydrogen) atoms. The molecule has 0 fully saturated rings. The summed E-state index contributed by atoms with van der Waals surface area (Å²) < 4.78 is 75.6. The van der Waals surface area contributed by atoms with Crippen LogP contribution in [0.3, 0.4) is 0 Å². The van der Waals surface area contributed by atoms with Gasteiger partial charge in [-0.3, -0.25) is 0 Å². The van der Waals surface area contributed by atoms with Crippen LogP contribution in [0.25, 0.3) is 0 Å². The van der Waals surface area contributed by atoms with Crippen molar-refractivity contribution < 1.29 is 36.2 Å². The lowest BCUT2D eigenvalue weighted by Gasteiger charge is -2.18. The van der Waals surface area contributed by atoms with Crippen LogP contribution in [-0.4, -0.2) is 17.6 Å². The molecule has 0 aliphatic heterocycles. The van der Waals surface area contributed by atoms with Gasteiger partial charge in [0.15, 0.2) is 0 Å². The SMILES string of the molecule is OC(CC(F)(F)F)c1ccccc1OC(F)(F)F. The molecule has 1 N–H and O–H groups in total. The molecule has 0 spiro atoms. The normalized spacial score (nSPS) is 14.4. The molecule has 8 heteroatoms. The Bertz CT molecular complexity index is 398. The van der Waals surface area contributed by atoms with E-state index in [4.69, 9.17) is 0 Å². The van der Waals surface area contributed by atoms with Crippen LogP contribution in [0, 0.1) is 0 Å². The van der Waals surface area contributed by atoms with Gasteiger partial charge in [-0.15, -0.1) is 13.2 Å². The summed E-state index contributed by atoms with van der Waals surface area (Å²) in [6.07, 6.45) is -13.5. The van der Waals surface area contributed by atoms with Gasteiger partial charge in [-0.25, -0.2) is 0 Å². The Balaban J connectivity index is 2.95. The van der Waals surface area contributed by atoms with Crippen LogP contribution < -0.4 is 4.74 Å². The molecule has 0 radical (unpaired) electrons. The zero-order valence-electron chi connectivity index (χ0n) is 8.72. The molecular weight excluding hydrogens is 266 g/mol. The van der Waals surface area contributed by atoms with Gasteiger partial charge in [0, 0.05) is 5.56 Å². The maximum Gasteiger partial charge on any atom is 0.573 e. The minimum absolute atomic E-state index is 0.563. The number of alkyl halides is 6. The molecule has 0 heterocycles. The first-order valence-corrected chi connectivity index (χ1v) is 4.68. The molecule has 1 atom stereocenters. The van der Waals surface area contributed by atoms with Crippen molar-refractivity contribution in [1.82, 2.24) is 0 Å². The van der Waals surface area contributed by atoms with E-state index >= 15 is 0 Å². The van der Waals surface area contributed by atoms with Crippen molar-refractivity contribution in [2.75, 3.05) is 0 Å². The van der Waals surface area contributed by atoms with Crippen molar-refractivity contribution in [3.8, 4) is 5.75 Å². The molecule has 0 aromatic heterocycles. The molecule has 1 unspecified atom stereocenters. The second kappa shape index (κ2) is 5.05. The van der Waals surface area contributed by atoms with E-state index in [9.17, 15) is 31.4 Å². The molecule has 1 aromatic rings. The smallest absolute Gasteiger partial charge is 0.405 e. The maximum atomic E-state index is 12.0. The van der Waals surface area contributed by atoms with E-state index in [2.05, 4.69) is 4.74 Å². The molecule has 0 bridgehead atoms. The van der Waals surface area contributed by atoms with Gasteiger partial charge in [0.2, 0.25) is 0 Å². The van der Waals surface area contributed by atoms with Crippen LogP contribution in [0.4, 0.5) is 26.3 Å². The Labute approximate surface area is 97.8 Å². The highest BCUT2D eigenvalue weighted by Gasteiger charge is 2.36. The topological polar surface area (TPSA) is 29.5 Å². The van der Waals surface area contributed by atoms with Gasteiger partial charge in [0.25, 0.3) is 0 Å². The quantitative estimate of drug-likeness (QED) is 0.854. The lowest BCUT2D eigenvalue weighted by atomic mass is 10.1. The molecule has 1 aromatic carbocycles. The Hall–Kier alpha value is -1.44. The number of aliphatic hydroxyl groups excluding tert-OH is 1. The van der Waals surface area contributed by atoms with E-state index in [-0.39, 0.29) is 0 Å². The lowest BCUT2D eigenvalue weighted by Crippen LogP contribution is -2.20. The van der Waals surface area contributed by atoms with Crippen molar-refractivity contribution in [2.24, 2.45) is 0 Å². The third kappa shape index (κ3) is 4.82. The van der Waals surface area contributed by atoms with Crippen molar-refractivity contribution >= 4 is 0 Å². The Morgan fingerprint density at radius 3 is 2.11 bits per heavy atom. The minimum atomic E-state index is -5.03. The molecule has 0 aliphatic carbocycles. The molecule has 0 saturated heterocycles. The molecule has 0 amide bonds. The number of hydrogen-bond acceptors (Lipinski definition) is 2. The monoisotopic (exact) mass is 274 g/mol. The number of rotatable bonds is 3. The molecule has 1 rings (SSSR count). The van der Waals surface area contributed by atoms with Gasteiger partial charge in [0.05, 0.1) is 12.5 Å². The number of benzene rings is 1. The number of ether oxygens (including phenoxy) is 1. The average Bonchev–Trinajstić information content (AvgIpc) is 2.12. The number of halogens is 6. The summed E-state index contributed by atoms with van der Waals surface area (Å²) in [4.78, 5) is 0. The lowest BCUT2D eigenvalue weighted by molar-refractivity contribution is -0.275. The van der Waals surface area contributed by atoms with E-state index in [0.717, 1.165) is 18.2 Å². The highest BCUT2D eigenvalue weighted by atomic mass is 19.4. The second-order valence-electron chi connectivity index (χ2n) is 3.42. The molecular formula is C10H8F6O2. The van der Waals surface area contributed by atoms with Gasteiger partial charge in [-0.1, -0.05) is 18.2 Å². The Morgan fingerprint density at radius 2 is 1.61 bits per heavy atom. The zero-order valence-corrected chi connectivity index (χ0v) is 8.72. The fourth-order valence-electron chi connectivity index (χ4n) is 1.30. The zero-order chi connectivity index (χ0) is 14.0. The van der Waals surface area contributed by atoms with E-state index in [0.29, 0.717) is 0 Å². The standard InChI is InChI=1S/C10H8F6O2/c11-9(12,13)5-7(17)6-3-1-2-4-8(6)18-10(14,15)16/h1-4,7,17H,5H2. The van der Waals surface area contributed by atoms with Crippen LogP contribution in [0.15, 0.2) is 24.3 Å². The summed E-state index contributed by atoms with van der Waals surface area (Å²) in [6, 6.07) is 4.14. The molecule has 102 valence electrons. The van der Waals surface area contributed by atoms with E-state index in [1.165, 1.54) is 6.07 Å². The first-order chi connectivity index (χ1) is 8.08. The Kier molecular flexibility index (Phi) is 4.10. The van der Waals surface area contributed by atoms with E-state index in [1.807, 2.05) is 0 Å². The van der Waals surface area contributed by atoms with E-state index in [1.54, 1.807) is 0 Å². The maximum absolute atomic E-state index is 12.0. The third-order valence-corrected chi connectivity index (χ3v) is 1.93. The van der Waals surface area contributed by atoms with Crippen molar-refractivity contribution in [1.29, 1.82) is 0 Å².